The largest absolute Gasteiger partial charge is 0.481 e. The molecular weight excluding hydrogens is 326 g/mol. The summed E-state index contributed by atoms with van der Waals surface area (Å²) in [4.78, 5) is 27.6. The van der Waals surface area contributed by atoms with Gasteiger partial charge in [0.15, 0.2) is 5.78 Å². The average Bonchev–Trinajstić information content (AvgIpc) is 3.02. The molecule has 2 aromatic carbocycles. The standard InChI is InChI=1S/C22H23NO3/c1-22(2,3)15-10-8-14(9-11-15)20(24)12-17(21(25)26)18-13-23-19-7-5-4-6-16(18)19/h4-11,13,17,23H,12H2,1-3H3,(H,25,26). The van der Waals surface area contributed by atoms with Crippen molar-refractivity contribution < 1.29 is 14.7 Å². The minimum atomic E-state index is -0.991. The average molecular weight is 349 g/mol. The Bertz CT molecular complexity index is 945. The first kappa shape index (κ1) is 17.9. The van der Waals surface area contributed by atoms with Crippen LogP contribution in [0.1, 0.15) is 54.6 Å². The van der Waals surface area contributed by atoms with Gasteiger partial charge in [0.05, 0.1) is 5.92 Å². The number of carbonyl (C=O) groups is 2. The van der Waals surface area contributed by atoms with Crippen LogP contribution in [0.5, 0.6) is 0 Å². The van der Waals surface area contributed by atoms with Crippen molar-refractivity contribution in [1.29, 1.82) is 0 Å². The fourth-order valence-electron chi connectivity index (χ4n) is 3.17. The van der Waals surface area contributed by atoms with Gasteiger partial charge in [-0.05, 0) is 22.6 Å². The van der Waals surface area contributed by atoms with Gasteiger partial charge in [0.1, 0.15) is 0 Å². The number of hydrogen-bond acceptors (Lipinski definition) is 2. The maximum Gasteiger partial charge on any atom is 0.311 e. The molecule has 4 nitrogen and oxygen atoms in total. The lowest BCUT2D eigenvalue weighted by Gasteiger charge is -2.19. The second kappa shape index (κ2) is 6.79. The first-order valence-corrected chi connectivity index (χ1v) is 8.70. The lowest BCUT2D eigenvalue weighted by atomic mass is 9.85. The van der Waals surface area contributed by atoms with E-state index in [1.807, 2.05) is 36.4 Å². The van der Waals surface area contributed by atoms with Crippen LogP contribution in [0.15, 0.2) is 54.7 Å². The number of carboxylic acid groups (broad SMARTS) is 1. The fourth-order valence-corrected chi connectivity index (χ4v) is 3.17. The molecule has 134 valence electrons. The Morgan fingerprint density at radius 3 is 2.31 bits per heavy atom. The number of hydrogen-bond donors (Lipinski definition) is 2. The molecule has 0 fully saturated rings. The SMILES string of the molecule is CC(C)(C)c1ccc(C(=O)CC(C(=O)O)c2c[nH]c3ccccc23)cc1. The van der Waals surface area contributed by atoms with Gasteiger partial charge in [-0.1, -0.05) is 63.2 Å². The Kier molecular flexibility index (Phi) is 4.68. The Labute approximate surface area is 152 Å². The van der Waals surface area contributed by atoms with E-state index in [0.717, 1.165) is 16.5 Å². The molecule has 0 saturated carbocycles. The molecule has 0 aliphatic heterocycles. The van der Waals surface area contributed by atoms with Gasteiger partial charge in [0, 0.05) is 29.1 Å². The molecule has 0 radical (unpaired) electrons. The van der Waals surface area contributed by atoms with Crippen LogP contribution in [-0.2, 0) is 10.2 Å². The number of H-pyrrole nitrogens is 1. The highest BCUT2D eigenvalue weighted by molar-refractivity contribution is 6.00. The van der Waals surface area contributed by atoms with Crippen molar-refractivity contribution >= 4 is 22.7 Å². The number of aromatic amines is 1. The molecule has 0 saturated heterocycles. The maximum atomic E-state index is 12.7. The van der Waals surface area contributed by atoms with Gasteiger partial charge in [0.25, 0.3) is 0 Å². The maximum absolute atomic E-state index is 12.7. The van der Waals surface area contributed by atoms with Gasteiger partial charge in [-0.15, -0.1) is 0 Å². The van der Waals surface area contributed by atoms with Crippen LogP contribution in [0.4, 0.5) is 0 Å². The molecule has 1 atom stereocenters. The van der Waals surface area contributed by atoms with Crippen LogP contribution in [0.25, 0.3) is 10.9 Å². The molecule has 0 spiro atoms. The van der Waals surface area contributed by atoms with E-state index in [1.54, 1.807) is 18.3 Å². The van der Waals surface area contributed by atoms with Crippen molar-refractivity contribution in [3.05, 3.63) is 71.4 Å². The van der Waals surface area contributed by atoms with E-state index < -0.39 is 11.9 Å². The van der Waals surface area contributed by atoms with Crippen LogP contribution in [0.3, 0.4) is 0 Å². The molecule has 3 rings (SSSR count). The summed E-state index contributed by atoms with van der Waals surface area (Å²) in [5.74, 6) is -2.03. The molecule has 1 aromatic heterocycles. The molecule has 1 unspecified atom stereocenters. The normalized spacial score (nSPS) is 12.9. The van der Waals surface area contributed by atoms with Gasteiger partial charge in [-0.2, -0.15) is 0 Å². The lowest BCUT2D eigenvalue weighted by molar-refractivity contribution is -0.138. The zero-order valence-corrected chi connectivity index (χ0v) is 15.2. The van der Waals surface area contributed by atoms with E-state index in [2.05, 4.69) is 25.8 Å². The Hall–Kier alpha value is -2.88. The third kappa shape index (κ3) is 3.54. The number of ketones is 1. The summed E-state index contributed by atoms with van der Waals surface area (Å²) in [7, 11) is 0. The van der Waals surface area contributed by atoms with E-state index in [9.17, 15) is 14.7 Å². The molecule has 0 bridgehead atoms. The monoisotopic (exact) mass is 349 g/mol. The molecule has 3 aromatic rings. The predicted molar refractivity (Wildman–Crippen MR) is 103 cm³/mol. The van der Waals surface area contributed by atoms with Gasteiger partial charge < -0.3 is 10.1 Å². The van der Waals surface area contributed by atoms with Gasteiger partial charge >= 0.3 is 5.97 Å². The summed E-state index contributed by atoms with van der Waals surface area (Å²) < 4.78 is 0. The smallest absolute Gasteiger partial charge is 0.311 e. The highest BCUT2D eigenvalue weighted by Crippen LogP contribution is 2.30. The second-order valence-electron chi connectivity index (χ2n) is 7.64. The van der Waals surface area contributed by atoms with Crippen LogP contribution in [0.2, 0.25) is 0 Å². The molecule has 0 amide bonds. The second-order valence-corrected chi connectivity index (χ2v) is 7.64. The number of carboxylic acids is 1. The van der Waals surface area contributed by atoms with Crippen molar-refractivity contribution in [1.82, 2.24) is 4.98 Å². The summed E-state index contributed by atoms with van der Waals surface area (Å²) in [5.41, 5.74) is 3.21. The number of carbonyl (C=O) groups excluding carboxylic acids is 1. The number of para-hydroxylation sites is 1. The van der Waals surface area contributed by atoms with Crippen molar-refractivity contribution in [2.24, 2.45) is 0 Å². The summed E-state index contributed by atoms with van der Waals surface area (Å²) in [6.07, 6.45) is 1.63. The fraction of sp³-hybridized carbons (Fsp3) is 0.273. The molecule has 1 heterocycles. The van der Waals surface area contributed by atoms with Gasteiger partial charge in [0.2, 0.25) is 0 Å². The zero-order valence-electron chi connectivity index (χ0n) is 15.2. The van der Waals surface area contributed by atoms with E-state index in [0.29, 0.717) is 11.1 Å². The summed E-state index contributed by atoms with van der Waals surface area (Å²) in [5, 5.41) is 10.5. The lowest BCUT2D eigenvalue weighted by Crippen LogP contribution is -2.16. The van der Waals surface area contributed by atoms with Gasteiger partial charge in [-0.3, -0.25) is 9.59 Å². The molecule has 0 aliphatic carbocycles. The molecule has 2 N–H and O–H groups in total. The first-order chi connectivity index (χ1) is 12.3. The van der Waals surface area contributed by atoms with Crippen molar-refractivity contribution in [2.75, 3.05) is 0 Å². The molecule has 0 aliphatic rings. The third-order valence-electron chi connectivity index (χ3n) is 4.76. The number of fused-ring (bicyclic) bond motifs is 1. The Morgan fingerprint density at radius 1 is 1.04 bits per heavy atom. The van der Waals surface area contributed by atoms with Crippen molar-refractivity contribution in [3.63, 3.8) is 0 Å². The number of aromatic nitrogens is 1. The highest BCUT2D eigenvalue weighted by Gasteiger charge is 2.26. The molecule has 26 heavy (non-hydrogen) atoms. The van der Waals surface area contributed by atoms with Crippen LogP contribution >= 0.6 is 0 Å². The number of Topliss-reactive ketones (excluding diaryl/α,β-unsaturated/α-hetero) is 1. The van der Waals surface area contributed by atoms with E-state index in [-0.39, 0.29) is 17.6 Å². The number of rotatable bonds is 5. The van der Waals surface area contributed by atoms with Crippen LogP contribution in [0, 0.1) is 0 Å². The first-order valence-electron chi connectivity index (χ1n) is 8.70. The quantitative estimate of drug-likeness (QED) is 0.643. The summed E-state index contributed by atoms with van der Waals surface area (Å²) in [6.45, 7) is 6.34. The number of aliphatic carboxylic acids is 1. The van der Waals surface area contributed by atoms with E-state index >= 15 is 0 Å². The Morgan fingerprint density at radius 2 is 1.69 bits per heavy atom. The minimum absolute atomic E-state index is 0.00914. The number of benzene rings is 2. The summed E-state index contributed by atoms with van der Waals surface area (Å²) >= 11 is 0. The summed E-state index contributed by atoms with van der Waals surface area (Å²) in [6, 6.07) is 15.0. The topological polar surface area (TPSA) is 70.2 Å². The van der Waals surface area contributed by atoms with E-state index in [4.69, 9.17) is 0 Å². The number of nitrogens with one attached hydrogen (secondary N) is 1. The zero-order chi connectivity index (χ0) is 18.9. The Balaban J connectivity index is 1.87. The highest BCUT2D eigenvalue weighted by atomic mass is 16.4. The third-order valence-corrected chi connectivity index (χ3v) is 4.76. The molecular formula is C22H23NO3. The van der Waals surface area contributed by atoms with E-state index in [1.165, 1.54) is 0 Å². The predicted octanol–water partition coefficient (Wildman–Crippen LogP) is 4.91. The van der Waals surface area contributed by atoms with Crippen molar-refractivity contribution in [2.45, 2.75) is 38.5 Å². The molecule has 4 heteroatoms. The van der Waals surface area contributed by atoms with Crippen LogP contribution < -0.4 is 0 Å². The minimum Gasteiger partial charge on any atom is -0.481 e. The van der Waals surface area contributed by atoms with Crippen LogP contribution in [-0.4, -0.2) is 21.8 Å². The van der Waals surface area contributed by atoms with Crippen molar-refractivity contribution in [3.8, 4) is 0 Å². The van der Waals surface area contributed by atoms with Gasteiger partial charge in [-0.25, -0.2) is 0 Å².